The highest BCUT2D eigenvalue weighted by atomic mass is 35.5. The fourth-order valence-corrected chi connectivity index (χ4v) is 2.33. The second kappa shape index (κ2) is 8.07. The zero-order valence-electron chi connectivity index (χ0n) is 12.2. The number of hydrogen-bond acceptors (Lipinski definition) is 3. The summed E-state index contributed by atoms with van der Waals surface area (Å²) in [6.45, 7) is 0.0735. The summed E-state index contributed by atoms with van der Waals surface area (Å²) in [5.41, 5.74) is 1.14. The van der Waals surface area contributed by atoms with Gasteiger partial charge in [0.1, 0.15) is 5.75 Å². The van der Waals surface area contributed by atoms with Crippen LogP contribution in [0, 0.1) is 0 Å². The number of ether oxygens (including phenoxy) is 1. The molecule has 2 aromatic rings. The van der Waals surface area contributed by atoms with Gasteiger partial charge >= 0.3 is 6.61 Å². The van der Waals surface area contributed by atoms with Crippen LogP contribution in [-0.4, -0.2) is 21.5 Å². The Morgan fingerprint density at radius 1 is 1.43 bits per heavy atom. The van der Waals surface area contributed by atoms with Gasteiger partial charge in [-0.15, -0.1) is 0 Å². The van der Waals surface area contributed by atoms with Crippen molar-refractivity contribution in [1.29, 1.82) is 0 Å². The minimum absolute atomic E-state index is 0.0169. The molecule has 2 rings (SSSR count). The van der Waals surface area contributed by atoms with Gasteiger partial charge in [-0.2, -0.15) is 13.9 Å². The lowest BCUT2D eigenvalue weighted by molar-refractivity contribution is -0.0493. The van der Waals surface area contributed by atoms with Crippen molar-refractivity contribution in [3.05, 3.63) is 41.2 Å². The molecule has 0 saturated carbocycles. The molecule has 0 saturated heterocycles. The average Bonchev–Trinajstić information content (AvgIpc) is 2.87. The Hall–Kier alpha value is -1.93. The van der Waals surface area contributed by atoms with Crippen molar-refractivity contribution in [2.24, 2.45) is 0 Å². The maximum atomic E-state index is 12.4. The summed E-state index contributed by atoms with van der Waals surface area (Å²) in [6, 6.07) is 6.31. The number of benzene rings is 1. The van der Waals surface area contributed by atoms with Crippen molar-refractivity contribution in [2.45, 2.75) is 26.6 Å². The van der Waals surface area contributed by atoms with Crippen LogP contribution in [0.3, 0.4) is 0 Å². The maximum absolute atomic E-state index is 12.4. The summed E-state index contributed by atoms with van der Waals surface area (Å²) in [6.07, 6.45) is 1.56. The Balaban J connectivity index is 1.99. The molecule has 23 heavy (non-hydrogen) atoms. The zero-order chi connectivity index (χ0) is 16.8. The van der Waals surface area contributed by atoms with E-state index < -0.39 is 6.61 Å². The van der Waals surface area contributed by atoms with E-state index in [1.165, 1.54) is 6.07 Å². The monoisotopic (exact) mass is 360 g/mol. The van der Waals surface area contributed by atoms with Crippen molar-refractivity contribution in [3.8, 4) is 5.75 Å². The summed E-state index contributed by atoms with van der Waals surface area (Å²) >= 11 is 11.2. The molecule has 0 amide bonds. The number of anilines is 1. The number of hydrogen-bond donors (Lipinski definition) is 2. The molecule has 1 aromatic heterocycles. The van der Waals surface area contributed by atoms with Crippen LogP contribution in [-0.2, 0) is 13.1 Å². The molecule has 1 aromatic carbocycles. The molecule has 0 aliphatic carbocycles. The van der Waals surface area contributed by atoms with E-state index in [0.29, 0.717) is 23.8 Å². The average molecular weight is 361 g/mol. The zero-order valence-corrected chi connectivity index (χ0v) is 13.8. The fourth-order valence-electron chi connectivity index (χ4n) is 1.94. The summed E-state index contributed by atoms with van der Waals surface area (Å²) in [4.78, 5) is 0. The number of rotatable bonds is 6. The number of alkyl halides is 2. The number of aryl methyl sites for hydroxylation is 1. The Morgan fingerprint density at radius 3 is 2.87 bits per heavy atom. The molecule has 124 valence electrons. The molecule has 0 aliphatic heterocycles. The molecule has 0 fully saturated rings. The van der Waals surface area contributed by atoms with E-state index in [0.717, 1.165) is 5.69 Å². The van der Waals surface area contributed by atoms with Crippen molar-refractivity contribution in [1.82, 2.24) is 15.1 Å². The first-order valence-electron chi connectivity index (χ1n) is 6.80. The molecule has 2 N–H and O–H groups in total. The van der Waals surface area contributed by atoms with Crippen LogP contribution < -0.4 is 15.4 Å². The van der Waals surface area contributed by atoms with Crippen LogP contribution in [0.5, 0.6) is 5.75 Å². The molecule has 0 unspecified atom stereocenters. The van der Waals surface area contributed by atoms with E-state index >= 15 is 0 Å². The number of nitrogens with one attached hydrogen (secondary N) is 2. The predicted molar refractivity (Wildman–Crippen MR) is 89.0 cm³/mol. The quantitative estimate of drug-likeness (QED) is 0.770. The van der Waals surface area contributed by atoms with Crippen LogP contribution in [0.1, 0.15) is 12.6 Å². The first kappa shape index (κ1) is 17.4. The second-order valence-electron chi connectivity index (χ2n) is 4.44. The molecular weight excluding hydrogens is 346 g/mol. The third-order valence-corrected chi connectivity index (χ3v) is 3.53. The molecular formula is C14H15ClF2N4OS. The van der Waals surface area contributed by atoms with Crippen LogP contribution in [0.15, 0.2) is 30.5 Å². The number of para-hydroxylation sites is 2. The summed E-state index contributed by atoms with van der Waals surface area (Å²) in [7, 11) is 0. The van der Waals surface area contributed by atoms with Crippen molar-refractivity contribution >= 4 is 34.6 Å². The highest BCUT2D eigenvalue weighted by Gasteiger charge is 2.11. The Morgan fingerprint density at radius 2 is 2.17 bits per heavy atom. The lowest BCUT2D eigenvalue weighted by atomic mass is 10.3. The number of halogens is 3. The maximum Gasteiger partial charge on any atom is 0.387 e. The van der Waals surface area contributed by atoms with Gasteiger partial charge in [0, 0.05) is 6.54 Å². The van der Waals surface area contributed by atoms with Crippen molar-refractivity contribution in [2.75, 3.05) is 5.32 Å². The normalized spacial score (nSPS) is 10.7. The van der Waals surface area contributed by atoms with E-state index in [1.54, 1.807) is 29.1 Å². The highest BCUT2D eigenvalue weighted by Crippen LogP contribution is 2.25. The molecule has 0 aliphatic rings. The number of aromatic nitrogens is 2. The van der Waals surface area contributed by atoms with Gasteiger partial charge in [0.15, 0.2) is 5.11 Å². The molecule has 0 radical (unpaired) electrons. The highest BCUT2D eigenvalue weighted by molar-refractivity contribution is 7.80. The van der Waals surface area contributed by atoms with Crippen molar-refractivity contribution in [3.63, 3.8) is 0 Å². The molecule has 0 spiro atoms. The minimum Gasteiger partial charge on any atom is -0.433 e. The van der Waals surface area contributed by atoms with Gasteiger partial charge < -0.3 is 15.4 Å². The van der Waals surface area contributed by atoms with E-state index in [9.17, 15) is 8.78 Å². The summed E-state index contributed by atoms with van der Waals surface area (Å²) in [5, 5.41) is 10.7. The Kier molecular flexibility index (Phi) is 6.12. The smallest absolute Gasteiger partial charge is 0.387 e. The second-order valence-corrected chi connectivity index (χ2v) is 5.25. The molecule has 0 atom stereocenters. The minimum atomic E-state index is -2.91. The summed E-state index contributed by atoms with van der Waals surface area (Å²) < 4.78 is 30.9. The van der Waals surface area contributed by atoms with Crippen LogP contribution >= 0.6 is 23.8 Å². The van der Waals surface area contributed by atoms with Crippen molar-refractivity contribution < 1.29 is 13.5 Å². The van der Waals surface area contributed by atoms with Gasteiger partial charge in [-0.25, -0.2) is 0 Å². The van der Waals surface area contributed by atoms with E-state index in [4.69, 9.17) is 23.8 Å². The SMILES string of the molecule is CCn1ncc(Cl)c1CNC(=S)Nc1ccccc1OC(F)F. The first-order chi connectivity index (χ1) is 11.0. The van der Waals surface area contributed by atoms with Crippen LogP contribution in [0.4, 0.5) is 14.5 Å². The van der Waals surface area contributed by atoms with Gasteiger partial charge in [-0.05, 0) is 31.3 Å². The molecule has 1 heterocycles. The van der Waals surface area contributed by atoms with Gasteiger partial charge in [0.2, 0.25) is 0 Å². The van der Waals surface area contributed by atoms with Crippen LogP contribution in [0.25, 0.3) is 0 Å². The lowest BCUT2D eigenvalue weighted by Crippen LogP contribution is -2.29. The van der Waals surface area contributed by atoms with E-state index in [2.05, 4.69) is 20.5 Å². The van der Waals surface area contributed by atoms with Gasteiger partial charge in [-0.3, -0.25) is 4.68 Å². The van der Waals surface area contributed by atoms with Gasteiger partial charge in [0.05, 0.1) is 29.1 Å². The fraction of sp³-hybridized carbons (Fsp3) is 0.286. The molecule has 9 heteroatoms. The van der Waals surface area contributed by atoms with Gasteiger partial charge in [0.25, 0.3) is 0 Å². The Labute approximate surface area is 142 Å². The van der Waals surface area contributed by atoms with Crippen LogP contribution in [0.2, 0.25) is 5.02 Å². The van der Waals surface area contributed by atoms with Gasteiger partial charge in [-0.1, -0.05) is 23.7 Å². The lowest BCUT2D eigenvalue weighted by Gasteiger charge is -2.14. The summed E-state index contributed by atoms with van der Waals surface area (Å²) in [5.74, 6) is 0.0169. The number of nitrogens with zero attached hydrogens (tertiary/aromatic N) is 2. The Bertz CT molecular complexity index is 681. The largest absolute Gasteiger partial charge is 0.433 e. The molecule has 0 bridgehead atoms. The molecule has 5 nitrogen and oxygen atoms in total. The third kappa shape index (κ3) is 4.77. The van der Waals surface area contributed by atoms with E-state index in [1.807, 2.05) is 6.92 Å². The topological polar surface area (TPSA) is 51.1 Å². The standard InChI is InChI=1S/C14H15ClF2N4OS/c1-2-21-11(9(15)7-19-21)8-18-14(23)20-10-5-3-4-6-12(10)22-13(16)17/h3-7,13H,2,8H2,1H3,(H2,18,20,23). The predicted octanol–water partition coefficient (Wildman–Crippen LogP) is 3.64. The number of thiocarbonyl (C=S) groups is 1. The first-order valence-corrected chi connectivity index (χ1v) is 7.58. The third-order valence-electron chi connectivity index (χ3n) is 2.96. The van der Waals surface area contributed by atoms with E-state index in [-0.39, 0.29) is 10.9 Å².